The lowest BCUT2D eigenvalue weighted by Crippen LogP contribution is -2.00. The average Bonchev–Trinajstić information content (AvgIpc) is 3.04. The molecule has 0 atom stereocenters. The summed E-state index contributed by atoms with van der Waals surface area (Å²) < 4.78 is 1.82. The minimum absolute atomic E-state index is 0.760. The molecule has 5 nitrogen and oxygen atoms in total. The van der Waals surface area contributed by atoms with Gasteiger partial charge in [0, 0.05) is 5.69 Å². The third-order valence-electron chi connectivity index (χ3n) is 4.01. The molecule has 118 valence electrons. The second kappa shape index (κ2) is 5.77. The third kappa shape index (κ3) is 2.50. The molecule has 0 saturated heterocycles. The molecule has 0 amide bonds. The smallest absolute Gasteiger partial charge is 0.168 e. The Bertz CT molecular complexity index is 1000. The van der Waals surface area contributed by atoms with Crippen molar-refractivity contribution in [3.8, 4) is 5.69 Å². The fourth-order valence-electron chi connectivity index (χ4n) is 2.70. The first kappa shape index (κ1) is 14.4. The summed E-state index contributed by atoms with van der Waals surface area (Å²) in [4.78, 5) is 8.81. The van der Waals surface area contributed by atoms with Crippen molar-refractivity contribution in [2.45, 2.75) is 13.8 Å². The molecule has 2 aromatic heterocycles. The summed E-state index contributed by atoms with van der Waals surface area (Å²) in [5.41, 5.74) is 5.17. The van der Waals surface area contributed by atoms with Gasteiger partial charge in [-0.3, -0.25) is 0 Å². The summed E-state index contributed by atoms with van der Waals surface area (Å²) in [5.74, 6) is 0.760. The zero-order valence-corrected chi connectivity index (χ0v) is 13.6. The second-order valence-corrected chi connectivity index (χ2v) is 5.79. The highest BCUT2D eigenvalue weighted by Gasteiger charge is 2.11. The van der Waals surface area contributed by atoms with Crippen LogP contribution in [0.5, 0.6) is 0 Å². The van der Waals surface area contributed by atoms with Crippen LogP contribution in [0.15, 0.2) is 61.1 Å². The Kier molecular flexibility index (Phi) is 3.46. The predicted octanol–water partition coefficient (Wildman–Crippen LogP) is 4.18. The number of para-hydroxylation sites is 1. The van der Waals surface area contributed by atoms with Gasteiger partial charge in [-0.15, -0.1) is 0 Å². The maximum atomic E-state index is 4.48. The van der Waals surface area contributed by atoms with Gasteiger partial charge < -0.3 is 5.32 Å². The van der Waals surface area contributed by atoms with Gasteiger partial charge in [0.05, 0.1) is 17.3 Å². The zero-order valence-electron chi connectivity index (χ0n) is 13.6. The third-order valence-corrected chi connectivity index (χ3v) is 4.01. The number of hydrogen-bond acceptors (Lipinski definition) is 4. The van der Waals surface area contributed by atoms with E-state index >= 15 is 0 Å². The van der Waals surface area contributed by atoms with Gasteiger partial charge in [-0.2, -0.15) is 5.10 Å². The van der Waals surface area contributed by atoms with E-state index in [0.29, 0.717) is 0 Å². The predicted molar refractivity (Wildman–Crippen MR) is 95.9 cm³/mol. The van der Waals surface area contributed by atoms with Crippen molar-refractivity contribution in [1.29, 1.82) is 0 Å². The van der Waals surface area contributed by atoms with Crippen molar-refractivity contribution in [1.82, 2.24) is 19.7 Å². The normalized spacial score (nSPS) is 10.9. The molecule has 0 aliphatic heterocycles. The van der Waals surface area contributed by atoms with E-state index in [0.717, 1.165) is 28.2 Å². The van der Waals surface area contributed by atoms with Crippen LogP contribution in [0.25, 0.3) is 16.7 Å². The Morgan fingerprint density at radius 1 is 0.958 bits per heavy atom. The quantitative estimate of drug-likeness (QED) is 0.616. The second-order valence-electron chi connectivity index (χ2n) is 5.79. The molecule has 0 aliphatic rings. The van der Waals surface area contributed by atoms with E-state index in [2.05, 4.69) is 52.4 Å². The molecule has 5 heteroatoms. The SMILES string of the molecule is Cc1ccc(C)c(Nc2ncnc3c2cnn3-c2ccccc2)c1. The topological polar surface area (TPSA) is 55.6 Å². The van der Waals surface area contributed by atoms with Crippen LogP contribution < -0.4 is 5.32 Å². The van der Waals surface area contributed by atoms with Gasteiger partial charge in [0.25, 0.3) is 0 Å². The van der Waals surface area contributed by atoms with Crippen LogP contribution in [0.2, 0.25) is 0 Å². The number of aryl methyl sites for hydroxylation is 2. The van der Waals surface area contributed by atoms with Crippen molar-refractivity contribution in [2.24, 2.45) is 0 Å². The van der Waals surface area contributed by atoms with E-state index in [1.807, 2.05) is 35.0 Å². The Labute approximate surface area is 140 Å². The van der Waals surface area contributed by atoms with Gasteiger partial charge >= 0.3 is 0 Å². The van der Waals surface area contributed by atoms with E-state index < -0.39 is 0 Å². The number of nitrogens with one attached hydrogen (secondary N) is 1. The number of rotatable bonds is 3. The van der Waals surface area contributed by atoms with Gasteiger partial charge in [0.1, 0.15) is 12.1 Å². The highest BCUT2D eigenvalue weighted by atomic mass is 15.3. The molecule has 24 heavy (non-hydrogen) atoms. The zero-order chi connectivity index (χ0) is 16.5. The summed E-state index contributed by atoms with van der Waals surface area (Å²) in [6.07, 6.45) is 3.37. The Hall–Kier alpha value is -3.21. The number of aromatic nitrogens is 4. The van der Waals surface area contributed by atoms with E-state index in [1.165, 1.54) is 11.1 Å². The molecule has 0 aliphatic carbocycles. The number of fused-ring (bicyclic) bond motifs is 1. The molecule has 4 rings (SSSR count). The lowest BCUT2D eigenvalue weighted by molar-refractivity contribution is 0.895. The molecule has 4 aromatic rings. The summed E-state index contributed by atoms with van der Waals surface area (Å²) in [6.45, 7) is 4.15. The Morgan fingerprint density at radius 3 is 2.62 bits per heavy atom. The maximum Gasteiger partial charge on any atom is 0.168 e. The molecule has 2 heterocycles. The number of nitrogens with zero attached hydrogens (tertiary/aromatic N) is 4. The number of anilines is 2. The van der Waals surface area contributed by atoms with Crippen LogP contribution in [0, 0.1) is 13.8 Å². The standard InChI is InChI=1S/C19H17N5/c1-13-8-9-14(2)17(10-13)23-18-16-11-22-24(19(16)21-12-20-18)15-6-4-3-5-7-15/h3-12H,1-2H3,(H,20,21,23). The first-order valence-corrected chi connectivity index (χ1v) is 7.81. The molecular formula is C19H17N5. The molecule has 0 unspecified atom stereocenters. The highest BCUT2D eigenvalue weighted by Crippen LogP contribution is 2.26. The van der Waals surface area contributed by atoms with Gasteiger partial charge in [-0.25, -0.2) is 14.6 Å². The molecular weight excluding hydrogens is 298 g/mol. The van der Waals surface area contributed by atoms with E-state index in [9.17, 15) is 0 Å². The maximum absolute atomic E-state index is 4.48. The van der Waals surface area contributed by atoms with Crippen LogP contribution in [-0.4, -0.2) is 19.7 Å². The lowest BCUT2D eigenvalue weighted by Gasteiger charge is -2.10. The van der Waals surface area contributed by atoms with Gasteiger partial charge in [-0.1, -0.05) is 30.3 Å². The van der Waals surface area contributed by atoms with Crippen LogP contribution in [0.4, 0.5) is 11.5 Å². The minimum Gasteiger partial charge on any atom is -0.339 e. The van der Waals surface area contributed by atoms with Crippen molar-refractivity contribution >= 4 is 22.5 Å². The fourth-order valence-corrected chi connectivity index (χ4v) is 2.70. The Balaban J connectivity index is 1.80. The summed E-state index contributed by atoms with van der Waals surface area (Å²) >= 11 is 0. The summed E-state index contributed by atoms with van der Waals surface area (Å²) in [6, 6.07) is 16.3. The average molecular weight is 315 g/mol. The van der Waals surface area contributed by atoms with Crippen LogP contribution in [0.1, 0.15) is 11.1 Å². The first-order chi connectivity index (χ1) is 11.7. The Morgan fingerprint density at radius 2 is 1.79 bits per heavy atom. The largest absolute Gasteiger partial charge is 0.339 e. The van der Waals surface area contributed by atoms with Crippen LogP contribution in [0.3, 0.4) is 0 Å². The fraction of sp³-hybridized carbons (Fsp3) is 0.105. The summed E-state index contributed by atoms with van der Waals surface area (Å²) in [7, 11) is 0. The van der Waals surface area contributed by atoms with E-state index in [-0.39, 0.29) is 0 Å². The van der Waals surface area contributed by atoms with Crippen molar-refractivity contribution in [2.75, 3.05) is 5.32 Å². The number of hydrogen-bond donors (Lipinski definition) is 1. The van der Waals surface area contributed by atoms with E-state index in [4.69, 9.17) is 0 Å². The first-order valence-electron chi connectivity index (χ1n) is 7.81. The monoisotopic (exact) mass is 315 g/mol. The van der Waals surface area contributed by atoms with Crippen molar-refractivity contribution in [3.63, 3.8) is 0 Å². The molecule has 0 bridgehead atoms. The molecule has 0 radical (unpaired) electrons. The molecule has 0 spiro atoms. The van der Waals surface area contributed by atoms with E-state index in [1.54, 1.807) is 12.5 Å². The van der Waals surface area contributed by atoms with Crippen molar-refractivity contribution in [3.05, 3.63) is 72.2 Å². The highest BCUT2D eigenvalue weighted by molar-refractivity contribution is 5.89. The molecule has 2 aromatic carbocycles. The molecule has 0 saturated carbocycles. The lowest BCUT2D eigenvalue weighted by atomic mass is 10.1. The van der Waals surface area contributed by atoms with Crippen LogP contribution >= 0.6 is 0 Å². The van der Waals surface area contributed by atoms with Gasteiger partial charge in [-0.05, 0) is 43.2 Å². The van der Waals surface area contributed by atoms with Gasteiger partial charge in [0.15, 0.2) is 5.65 Å². The van der Waals surface area contributed by atoms with Crippen LogP contribution in [-0.2, 0) is 0 Å². The van der Waals surface area contributed by atoms with Gasteiger partial charge in [0.2, 0.25) is 0 Å². The van der Waals surface area contributed by atoms with Crippen molar-refractivity contribution < 1.29 is 0 Å². The minimum atomic E-state index is 0.760. The number of benzene rings is 2. The molecule has 0 fully saturated rings. The summed E-state index contributed by atoms with van der Waals surface area (Å²) in [5, 5.41) is 8.79. The molecule has 1 N–H and O–H groups in total.